The normalized spacial score (nSPS) is 17.0. The van der Waals surface area contributed by atoms with Crippen molar-refractivity contribution in [2.24, 2.45) is 0 Å². The summed E-state index contributed by atoms with van der Waals surface area (Å²) in [6.45, 7) is 6.06. The van der Waals surface area contributed by atoms with E-state index in [0.717, 1.165) is 18.4 Å². The number of piperidine rings is 1. The molecule has 2 atom stereocenters. The van der Waals surface area contributed by atoms with Crippen LogP contribution in [0.2, 0.25) is 0 Å². The maximum atomic E-state index is 15.0. The van der Waals surface area contributed by atoms with Crippen LogP contribution >= 0.6 is 0 Å². The van der Waals surface area contributed by atoms with E-state index in [9.17, 15) is 14.3 Å². The van der Waals surface area contributed by atoms with Gasteiger partial charge in [-0.2, -0.15) is 9.61 Å². The van der Waals surface area contributed by atoms with E-state index in [0.29, 0.717) is 58.5 Å². The molecule has 2 unspecified atom stereocenters. The molecule has 5 aromatic rings. The first-order valence-electron chi connectivity index (χ1n) is 15.5. The molecule has 0 spiro atoms. The van der Waals surface area contributed by atoms with Crippen molar-refractivity contribution in [3.8, 4) is 17.2 Å². The number of nitrogens with one attached hydrogen (secondary N) is 1. The number of aliphatic hydroxyl groups is 1. The summed E-state index contributed by atoms with van der Waals surface area (Å²) in [4.78, 5) is 25.6. The molecule has 1 amide bonds. The van der Waals surface area contributed by atoms with E-state index < -0.39 is 17.3 Å². The predicted octanol–water partition coefficient (Wildman–Crippen LogP) is 4.71. The number of benzene rings is 2. The Labute approximate surface area is 271 Å². The number of carbonyl (C=O) groups excluding carboxylic acids is 1. The summed E-state index contributed by atoms with van der Waals surface area (Å²) in [5.41, 5.74) is 1.32. The zero-order valence-electron chi connectivity index (χ0n) is 27.3. The minimum absolute atomic E-state index is 0.0312. The Morgan fingerprint density at radius 1 is 1.06 bits per heavy atom. The summed E-state index contributed by atoms with van der Waals surface area (Å²) in [6, 6.07) is 8.32. The lowest BCUT2D eigenvalue weighted by Crippen LogP contribution is -2.47. The summed E-state index contributed by atoms with van der Waals surface area (Å²) in [7, 11) is 4.57. The molecular formula is C33H39FN8O5. The van der Waals surface area contributed by atoms with Crippen molar-refractivity contribution in [3.63, 3.8) is 0 Å². The van der Waals surface area contributed by atoms with Crippen molar-refractivity contribution in [3.05, 3.63) is 59.9 Å². The zero-order chi connectivity index (χ0) is 33.5. The van der Waals surface area contributed by atoms with E-state index in [-0.39, 0.29) is 24.2 Å². The van der Waals surface area contributed by atoms with Crippen LogP contribution in [0, 0.1) is 5.82 Å². The van der Waals surface area contributed by atoms with Gasteiger partial charge >= 0.3 is 0 Å². The highest BCUT2D eigenvalue weighted by atomic mass is 19.1. The molecule has 47 heavy (non-hydrogen) atoms. The summed E-state index contributed by atoms with van der Waals surface area (Å²) in [5, 5.41) is 23.2. The lowest BCUT2D eigenvalue weighted by Gasteiger charge is -2.37. The second-order valence-electron chi connectivity index (χ2n) is 12.3. The van der Waals surface area contributed by atoms with Crippen molar-refractivity contribution in [1.82, 2.24) is 29.4 Å². The van der Waals surface area contributed by atoms with Crippen LogP contribution in [0.3, 0.4) is 0 Å². The molecule has 14 heteroatoms. The van der Waals surface area contributed by atoms with Crippen LogP contribution in [0.5, 0.6) is 17.2 Å². The Bertz CT molecular complexity index is 1930. The number of fused-ring (bicyclic) bond motifs is 3. The third-order valence-corrected chi connectivity index (χ3v) is 8.41. The van der Waals surface area contributed by atoms with Gasteiger partial charge in [0.05, 0.1) is 50.9 Å². The molecule has 6 rings (SSSR count). The predicted molar refractivity (Wildman–Crippen MR) is 174 cm³/mol. The molecule has 0 aliphatic carbocycles. The van der Waals surface area contributed by atoms with E-state index in [1.165, 1.54) is 23.8 Å². The quantitative estimate of drug-likeness (QED) is 0.207. The highest BCUT2D eigenvalue weighted by molar-refractivity contribution is 5.99. The average Bonchev–Trinajstić information content (AvgIpc) is 3.70. The molecule has 13 nitrogen and oxygen atoms in total. The number of ether oxygens (including phenoxy) is 3. The molecule has 248 valence electrons. The smallest absolute Gasteiger partial charge is 0.238 e. The molecule has 1 aliphatic rings. The first kappa shape index (κ1) is 32.0. The van der Waals surface area contributed by atoms with Gasteiger partial charge in [0.1, 0.15) is 17.4 Å². The molecule has 0 bridgehead atoms. The van der Waals surface area contributed by atoms with E-state index in [2.05, 4.69) is 10.4 Å². The van der Waals surface area contributed by atoms with E-state index in [4.69, 9.17) is 29.3 Å². The Morgan fingerprint density at radius 3 is 2.55 bits per heavy atom. The number of anilines is 2. The van der Waals surface area contributed by atoms with Crippen molar-refractivity contribution >= 4 is 34.1 Å². The zero-order valence-corrected chi connectivity index (χ0v) is 27.3. The van der Waals surface area contributed by atoms with Crippen LogP contribution < -0.4 is 24.4 Å². The summed E-state index contributed by atoms with van der Waals surface area (Å²) in [5.74, 6) is 0.629. The molecule has 2 N–H and O–H groups in total. The van der Waals surface area contributed by atoms with Gasteiger partial charge in [-0.25, -0.2) is 14.4 Å². The fraction of sp³-hybridized carbons (Fsp3) is 0.424. The summed E-state index contributed by atoms with van der Waals surface area (Å²) >= 11 is 0. The number of methoxy groups -OCH3 is 3. The van der Waals surface area contributed by atoms with Crippen LogP contribution in [0.4, 0.5) is 16.0 Å². The average molecular weight is 647 g/mol. The second-order valence-corrected chi connectivity index (χ2v) is 12.3. The summed E-state index contributed by atoms with van der Waals surface area (Å²) < 4.78 is 34.3. The molecule has 0 radical (unpaired) electrons. The molecule has 1 fully saturated rings. The second kappa shape index (κ2) is 12.7. The maximum absolute atomic E-state index is 15.0. The SMILES string of the molecule is CCC1CCC(c2nc3c4cc(F)c(OC)cc4nc(NCc4ccc(OC)cc4OC)n3n2)C(=O)N1c1cnn(CC(C)(C)O)c1. The van der Waals surface area contributed by atoms with Gasteiger partial charge in [0.25, 0.3) is 0 Å². The monoisotopic (exact) mass is 646 g/mol. The molecule has 3 aromatic heterocycles. The van der Waals surface area contributed by atoms with Gasteiger partial charge in [-0.05, 0) is 51.3 Å². The van der Waals surface area contributed by atoms with Gasteiger partial charge in [0.2, 0.25) is 11.9 Å². The fourth-order valence-corrected chi connectivity index (χ4v) is 6.10. The lowest BCUT2D eigenvalue weighted by molar-refractivity contribution is -0.122. The number of halogens is 1. The van der Waals surface area contributed by atoms with Gasteiger partial charge in [-0.3, -0.25) is 9.48 Å². The molecule has 2 aromatic carbocycles. The summed E-state index contributed by atoms with van der Waals surface area (Å²) in [6.07, 6.45) is 5.45. The van der Waals surface area contributed by atoms with E-state index in [1.54, 1.807) is 56.1 Å². The molecular weight excluding hydrogens is 607 g/mol. The van der Waals surface area contributed by atoms with Crippen LogP contribution in [0.1, 0.15) is 57.3 Å². The first-order chi connectivity index (χ1) is 22.5. The standard InChI is InChI=1S/C33H39FN8O5/c1-7-20-9-11-23(31(43)41(20)21-16-36-40(17-21)18-33(2,3)44)29-38-30-24-13-25(34)28(47-6)14-26(24)37-32(42(30)39-29)35-15-19-8-10-22(45-4)12-27(19)46-5/h8,10,12-14,16-17,20,23,44H,7,9,11,15,18H2,1-6H3,(H,35,37). The van der Waals surface area contributed by atoms with Crippen LogP contribution in [0.15, 0.2) is 42.7 Å². The van der Waals surface area contributed by atoms with Gasteiger partial charge in [-0.15, -0.1) is 5.10 Å². The molecule has 4 heterocycles. The van der Waals surface area contributed by atoms with Crippen LogP contribution in [-0.2, 0) is 17.9 Å². The number of carbonyl (C=O) groups is 1. The molecule has 0 saturated carbocycles. The fourth-order valence-electron chi connectivity index (χ4n) is 6.10. The minimum atomic E-state index is -0.965. The van der Waals surface area contributed by atoms with Crippen molar-refractivity contribution < 1.29 is 28.5 Å². The van der Waals surface area contributed by atoms with Crippen molar-refractivity contribution in [2.45, 2.75) is 70.7 Å². The lowest BCUT2D eigenvalue weighted by atomic mass is 9.90. The maximum Gasteiger partial charge on any atom is 0.238 e. The Morgan fingerprint density at radius 2 is 1.85 bits per heavy atom. The highest BCUT2D eigenvalue weighted by Crippen LogP contribution is 2.36. The largest absolute Gasteiger partial charge is 0.497 e. The van der Waals surface area contributed by atoms with Crippen LogP contribution in [0.25, 0.3) is 16.6 Å². The Balaban J connectivity index is 1.40. The van der Waals surface area contributed by atoms with Crippen molar-refractivity contribution in [2.75, 3.05) is 31.5 Å². The van der Waals surface area contributed by atoms with Gasteiger partial charge in [0, 0.05) is 41.9 Å². The number of hydrogen-bond acceptors (Lipinski definition) is 10. The van der Waals surface area contributed by atoms with Gasteiger partial charge in [-0.1, -0.05) is 6.92 Å². The Kier molecular flexibility index (Phi) is 8.62. The van der Waals surface area contributed by atoms with Crippen molar-refractivity contribution in [1.29, 1.82) is 0 Å². The third-order valence-electron chi connectivity index (χ3n) is 8.41. The number of rotatable bonds is 11. The Hall–Kier alpha value is -4.98. The molecule has 1 saturated heterocycles. The highest BCUT2D eigenvalue weighted by Gasteiger charge is 2.39. The van der Waals surface area contributed by atoms with E-state index >= 15 is 0 Å². The van der Waals surface area contributed by atoms with Gasteiger partial charge < -0.3 is 29.5 Å². The third kappa shape index (κ3) is 6.24. The first-order valence-corrected chi connectivity index (χ1v) is 15.5. The van der Waals surface area contributed by atoms with Crippen LogP contribution in [-0.4, -0.2) is 73.3 Å². The number of aromatic nitrogens is 6. The van der Waals surface area contributed by atoms with E-state index in [1.807, 2.05) is 19.1 Å². The topological polar surface area (TPSA) is 141 Å². The van der Waals surface area contributed by atoms with Gasteiger partial charge in [0.15, 0.2) is 23.0 Å². The number of hydrogen-bond donors (Lipinski definition) is 2. The number of nitrogens with zero attached hydrogens (tertiary/aromatic N) is 7. The molecule has 1 aliphatic heterocycles. The number of amides is 1. The minimum Gasteiger partial charge on any atom is -0.497 e.